The van der Waals surface area contributed by atoms with Crippen LogP contribution in [0.2, 0.25) is 0 Å². The van der Waals surface area contributed by atoms with Crippen LogP contribution in [0.5, 0.6) is 0 Å². The molecule has 0 aromatic heterocycles. The van der Waals surface area contributed by atoms with Crippen molar-refractivity contribution >= 4 is 32.3 Å². The Bertz CT molecular complexity index is 1390. The lowest BCUT2D eigenvalue weighted by Crippen LogP contribution is -2.14. The minimum atomic E-state index is 0.0224. The van der Waals surface area contributed by atoms with Crippen molar-refractivity contribution in [1.82, 2.24) is 0 Å². The lowest BCUT2D eigenvalue weighted by molar-refractivity contribution is 0.661. The molecular formula is C29H26. The van der Waals surface area contributed by atoms with Crippen molar-refractivity contribution in [1.29, 1.82) is 0 Å². The molecule has 0 saturated carbocycles. The summed E-state index contributed by atoms with van der Waals surface area (Å²) in [6, 6.07) is 31.5. The van der Waals surface area contributed by atoms with Crippen LogP contribution in [0.25, 0.3) is 43.4 Å². The first-order valence-electron chi connectivity index (χ1n) is 10.6. The SMILES string of the molecule is CC.CC1(C)c2cc3ccccc3cc2-c2c1ccc1c2ccc2ccccc21. The molecule has 0 amide bonds. The fourth-order valence-electron chi connectivity index (χ4n) is 5.01. The summed E-state index contributed by atoms with van der Waals surface area (Å²) in [6.07, 6.45) is 0. The van der Waals surface area contributed by atoms with Crippen LogP contribution in [-0.4, -0.2) is 0 Å². The molecule has 5 aromatic carbocycles. The van der Waals surface area contributed by atoms with Gasteiger partial charge in [0.1, 0.15) is 0 Å². The minimum Gasteiger partial charge on any atom is -0.0683 e. The molecule has 0 spiro atoms. The Labute approximate surface area is 172 Å². The summed E-state index contributed by atoms with van der Waals surface area (Å²) in [5.74, 6) is 0. The summed E-state index contributed by atoms with van der Waals surface area (Å²) in [4.78, 5) is 0. The smallest absolute Gasteiger partial charge is 0.0159 e. The summed E-state index contributed by atoms with van der Waals surface area (Å²) < 4.78 is 0. The lowest BCUT2D eigenvalue weighted by Gasteiger charge is -2.22. The van der Waals surface area contributed by atoms with Crippen molar-refractivity contribution in [3.05, 3.63) is 96.1 Å². The predicted octanol–water partition coefficient (Wildman–Crippen LogP) is 8.48. The van der Waals surface area contributed by atoms with E-state index in [0.29, 0.717) is 0 Å². The van der Waals surface area contributed by atoms with Gasteiger partial charge < -0.3 is 0 Å². The number of rotatable bonds is 0. The fraction of sp³-hybridized carbons (Fsp3) is 0.172. The molecule has 0 aliphatic heterocycles. The Hall–Kier alpha value is -3.12. The van der Waals surface area contributed by atoms with Crippen LogP contribution in [0.3, 0.4) is 0 Å². The Morgan fingerprint density at radius 1 is 0.517 bits per heavy atom. The molecule has 0 heteroatoms. The van der Waals surface area contributed by atoms with Crippen molar-refractivity contribution in [3.63, 3.8) is 0 Å². The number of fused-ring (bicyclic) bond motifs is 8. The van der Waals surface area contributed by atoms with Gasteiger partial charge in [0.25, 0.3) is 0 Å². The van der Waals surface area contributed by atoms with Crippen LogP contribution in [0.4, 0.5) is 0 Å². The molecule has 0 N–H and O–H groups in total. The third kappa shape index (κ3) is 2.45. The van der Waals surface area contributed by atoms with Crippen LogP contribution in [0.15, 0.2) is 84.9 Å². The van der Waals surface area contributed by atoms with Gasteiger partial charge in [-0.3, -0.25) is 0 Å². The van der Waals surface area contributed by atoms with Gasteiger partial charge in [0.05, 0.1) is 0 Å². The van der Waals surface area contributed by atoms with E-state index in [1.807, 2.05) is 13.8 Å². The summed E-state index contributed by atoms with van der Waals surface area (Å²) in [6.45, 7) is 8.72. The van der Waals surface area contributed by atoms with Gasteiger partial charge in [-0.2, -0.15) is 0 Å². The Balaban J connectivity index is 0.000000882. The van der Waals surface area contributed by atoms with Gasteiger partial charge in [0.15, 0.2) is 0 Å². The predicted molar refractivity (Wildman–Crippen MR) is 128 cm³/mol. The van der Waals surface area contributed by atoms with Crippen molar-refractivity contribution in [2.75, 3.05) is 0 Å². The van der Waals surface area contributed by atoms with Crippen molar-refractivity contribution in [2.24, 2.45) is 0 Å². The number of hydrogen-bond donors (Lipinski definition) is 0. The average molecular weight is 375 g/mol. The third-order valence-electron chi connectivity index (χ3n) is 6.43. The molecule has 1 aliphatic carbocycles. The maximum Gasteiger partial charge on any atom is 0.0159 e. The zero-order chi connectivity index (χ0) is 20.2. The van der Waals surface area contributed by atoms with E-state index < -0.39 is 0 Å². The van der Waals surface area contributed by atoms with Crippen LogP contribution < -0.4 is 0 Å². The summed E-state index contributed by atoms with van der Waals surface area (Å²) in [5.41, 5.74) is 5.72. The maximum absolute atomic E-state index is 2.40. The number of benzene rings is 5. The molecule has 0 saturated heterocycles. The zero-order valence-electron chi connectivity index (χ0n) is 17.6. The molecule has 29 heavy (non-hydrogen) atoms. The van der Waals surface area contributed by atoms with Gasteiger partial charge in [0.2, 0.25) is 0 Å². The Kier molecular flexibility index (Phi) is 3.99. The second-order valence-electron chi connectivity index (χ2n) is 8.24. The van der Waals surface area contributed by atoms with E-state index in [4.69, 9.17) is 0 Å². The Morgan fingerprint density at radius 3 is 1.90 bits per heavy atom. The van der Waals surface area contributed by atoms with Crippen LogP contribution in [-0.2, 0) is 5.41 Å². The molecule has 142 valence electrons. The van der Waals surface area contributed by atoms with Gasteiger partial charge in [0, 0.05) is 5.41 Å². The average Bonchev–Trinajstić information content (AvgIpc) is 3.00. The van der Waals surface area contributed by atoms with Crippen LogP contribution in [0, 0.1) is 0 Å². The minimum absolute atomic E-state index is 0.0224. The highest BCUT2D eigenvalue weighted by Crippen LogP contribution is 2.52. The standard InChI is InChI=1S/C27H20.C2H6/c1-27(2)24-14-13-21-20-10-6-5-7-17(20)11-12-22(21)26(24)23-15-18-8-3-4-9-19(18)16-25(23)27;1-2/h3-16H,1-2H3;1-2H3. The molecule has 0 unspecified atom stereocenters. The zero-order valence-corrected chi connectivity index (χ0v) is 17.6. The highest BCUT2D eigenvalue weighted by atomic mass is 14.4. The molecule has 0 nitrogen and oxygen atoms in total. The molecule has 6 rings (SSSR count). The van der Waals surface area contributed by atoms with E-state index in [9.17, 15) is 0 Å². The van der Waals surface area contributed by atoms with E-state index in [-0.39, 0.29) is 5.41 Å². The van der Waals surface area contributed by atoms with Gasteiger partial charge >= 0.3 is 0 Å². The first-order chi connectivity index (χ1) is 14.1. The van der Waals surface area contributed by atoms with Crippen LogP contribution in [0.1, 0.15) is 38.8 Å². The van der Waals surface area contributed by atoms with Gasteiger partial charge in [-0.15, -0.1) is 0 Å². The molecule has 0 atom stereocenters. The molecule has 1 aliphatic rings. The van der Waals surface area contributed by atoms with Crippen LogP contribution >= 0.6 is 0 Å². The summed E-state index contributed by atoms with van der Waals surface area (Å²) in [7, 11) is 0. The molecule has 0 fully saturated rings. The van der Waals surface area contributed by atoms with E-state index in [2.05, 4.69) is 98.8 Å². The van der Waals surface area contributed by atoms with Gasteiger partial charge in [-0.05, 0) is 66.7 Å². The van der Waals surface area contributed by atoms with Gasteiger partial charge in [-0.1, -0.05) is 100 Å². The monoisotopic (exact) mass is 374 g/mol. The summed E-state index contributed by atoms with van der Waals surface area (Å²) in [5, 5.41) is 8.01. The molecule has 0 bridgehead atoms. The normalized spacial score (nSPS) is 13.8. The highest BCUT2D eigenvalue weighted by Gasteiger charge is 2.36. The first kappa shape index (κ1) is 17.9. The van der Waals surface area contributed by atoms with Gasteiger partial charge in [-0.25, -0.2) is 0 Å². The Morgan fingerprint density at radius 2 is 1.14 bits per heavy atom. The summed E-state index contributed by atoms with van der Waals surface area (Å²) >= 11 is 0. The van der Waals surface area contributed by atoms with E-state index in [1.54, 1.807) is 0 Å². The van der Waals surface area contributed by atoms with E-state index in [0.717, 1.165) is 0 Å². The van der Waals surface area contributed by atoms with E-state index in [1.165, 1.54) is 54.6 Å². The highest BCUT2D eigenvalue weighted by molar-refractivity contribution is 6.14. The maximum atomic E-state index is 2.40. The van der Waals surface area contributed by atoms with E-state index >= 15 is 0 Å². The fourth-order valence-corrected chi connectivity index (χ4v) is 5.01. The molecular weight excluding hydrogens is 348 g/mol. The second-order valence-corrected chi connectivity index (χ2v) is 8.24. The third-order valence-corrected chi connectivity index (χ3v) is 6.43. The number of hydrogen-bond acceptors (Lipinski definition) is 0. The topological polar surface area (TPSA) is 0 Å². The largest absolute Gasteiger partial charge is 0.0683 e. The molecule has 0 radical (unpaired) electrons. The van der Waals surface area contributed by atoms with Crippen molar-refractivity contribution < 1.29 is 0 Å². The first-order valence-corrected chi connectivity index (χ1v) is 10.6. The molecule has 0 heterocycles. The van der Waals surface area contributed by atoms with Crippen molar-refractivity contribution in [2.45, 2.75) is 33.1 Å². The molecule has 5 aromatic rings. The second kappa shape index (κ2) is 6.46. The van der Waals surface area contributed by atoms with Crippen molar-refractivity contribution in [3.8, 4) is 11.1 Å². The lowest BCUT2D eigenvalue weighted by atomic mass is 9.81. The quantitative estimate of drug-likeness (QED) is 0.238.